The highest BCUT2D eigenvalue weighted by Gasteiger charge is 1.92. The van der Waals surface area contributed by atoms with Crippen LogP contribution in [0, 0.1) is 0 Å². The first-order chi connectivity index (χ1) is 6.88. The van der Waals surface area contributed by atoms with Crippen molar-refractivity contribution in [2.75, 3.05) is 12.4 Å². The van der Waals surface area contributed by atoms with Gasteiger partial charge >= 0.3 is 0 Å². The molecule has 1 aromatic carbocycles. The third-order valence-corrected chi connectivity index (χ3v) is 1.34. The van der Waals surface area contributed by atoms with E-state index in [-0.39, 0.29) is 0 Å². The average molecular weight is 194 g/mol. The molecule has 0 amide bonds. The van der Waals surface area contributed by atoms with Crippen LogP contribution in [-0.2, 0) is 0 Å². The molecule has 0 radical (unpaired) electrons. The van der Waals surface area contributed by atoms with Gasteiger partial charge in [0, 0.05) is 7.05 Å². The van der Waals surface area contributed by atoms with Gasteiger partial charge in [0.05, 0.1) is 11.4 Å². The number of aliphatic imine (C=N–C) groups is 1. The first-order valence-electron chi connectivity index (χ1n) is 5.12. The number of hydrogen-bond donors (Lipinski definition) is 1. The zero-order valence-electron chi connectivity index (χ0n) is 9.96. The van der Waals surface area contributed by atoms with Crippen molar-refractivity contribution in [2.24, 2.45) is 4.99 Å². The van der Waals surface area contributed by atoms with Gasteiger partial charge in [0.2, 0.25) is 0 Å². The van der Waals surface area contributed by atoms with Gasteiger partial charge in [-0.15, -0.1) is 0 Å². The summed E-state index contributed by atoms with van der Waals surface area (Å²) in [7, 11) is 1.87. The second kappa shape index (κ2) is 11.7. The molecule has 0 heterocycles. The van der Waals surface area contributed by atoms with Gasteiger partial charge in [-0.2, -0.15) is 0 Å². The molecule has 2 heteroatoms. The van der Waals surface area contributed by atoms with Crippen molar-refractivity contribution in [1.82, 2.24) is 0 Å². The minimum atomic E-state index is 0.894. The molecule has 2 nitrogen and oxygen atoms in total. The van der Waals surface area contributed by atoms with Crippen LogP contribution in [0.1, 0.15) is 27.7 Å². The van der Waals surface area contributed by atoms with E-state index in [9.17, 15) is 0 Å². The molecule has 80 valence electrons. The standard InChI is InChI=1S/C8H10N2.2C2H6/c1-9-7-5-3-4-6-8(7)10-2;2*1-2/h3-6,10H,1H2,2H3;2*1-2H3. The third-order valence-electron chi connectivity index (χ3n) is 1.34. The molecule has 0 atom stereocenters. The summed E-state index contributed by atoms with van der Waals surface area (Å²) >= 11 is 0. The van der Waals surface area contributed by atoms with E-state index >= 15 is 0 Å². The summed E-state index contributed by atoms with van der Waals surface area (Å²) < 4.78 is 0. The number of nitrogens with zero attached hydrogens (tertiary/aromatic N) is 1. The minimum Gasteiger partial charge on any atom is -0.386 e. The van der Waals surface area contributed by atoms with E-state index in [2.05, 4.69) is 17.0 Å². The van der Waals surface area contributed by atoms with Gasteiger partial charge in [-0.25, -0.2) is 0 Å². The van der Waals surface area contributed by atoms with Crippen LogP contribution in [-0.4, -0.2) is 13.8 Å². The number of para-hydroxylation sites is 2. The summed E-state index contributed by atoms with van der Waals surface area (Å²) in [6, 6.07) is 7.77. The average Bonchev–Trinajstić information content (AvgIpc) is 2.34. The van der Waals surface area contributed by atoms with Crippen LogP contribution in [0.25, 0.3) is 0 Å². The van der Waals surface area contributed by atoms with Crippen molar-refractivity contribution in [1.29, 1.82) is 0 Å². The number of nitrogens with one attached hydrogen (secondary N) is 1. The lowest BCUT2D eigenvalue weighted by molar-refractivity contribution is 1.46. The Bertz CT molecular complexity index is 232. The molecule has 0 fully saturated rings. The first kappa shape index (κ1) is 15.2. The van der Waals surface area contributed by atoms with Crippen molar-refractivity contribution < 1.29 is 0 Å². The second-order valence-corrected chi connectivity index (χ2v) is 1.93. The lowest BCUT2D eigenvalue weighted by Gasteiger charge is -2.01. The van der Waals surface area contributed by atoms with Crippen molar-refractivity contribution in [3.8, 4) is 0 Å². The highest BCUT2D eigenvalue weighted by atomic mass is 14.9. The first-order valence-corrected chi connectivity index (χ1v) is 5.12. The molecule has 0 unspecified atom stereocenters. The molecule has 0 saturated carbocycles. The summed E-state index contributed by atoms with van der Waals surface area (Å²) in [4.78, 5) is 3.83. The van der Waals surface area contributed by atoms with Crippen LogP contribution in [0.15, 0.2) is 29.3 Å². The van der Waals surface area contributed by atoms with Gasteiger partial charge in [0.1, 0.15) is 0 Å². The van der Waals surface area contributed by atoms with Crippen LogP contribution in [0.5, 0.6) is 0 Å². The van der Waals surface area contributed by atoms with Crippen molar-refractivity contribution in [3.63, 3.8) is 0 Å². The van der Waals surface area contributed by atoms with Gasteiger partial charge in [-0.05, 0) is 18.9 Å². The Kier molecular flexibility index (Phi) is 12.7. The van der Waals surface area contributed by atoms with Crippen molar-refractivity contribution in [3.05, 3.63) is 24.3 Å². The molecule has 0 saturated heterocycles. The fraction of sp³-hybridized carbons (Fsp3) is 0.417. The predicted octanol–water partition coefficient (Wildman–Crippen LogP) is 4.11. The van der Waals surface area contributed by atoms with Crippen LogP contribution in [0.3, 0.4) is 0 Å². The number of benzene rings is 1. The molecule has 14 heavy (non-hydrogen) atoms. The van der Waals surface area contributed by atoms with Crippen LogP contribution < -0.4 is 5.32 Å². The van der Waals surface area contributed by atoms with Crippen molar-refractivity contribution >= 4 is 18.1 Å². The lowest BCUT2D eigenvalue weighted by atomic mass is 10.3. The molecule has 0 aliphatic rings. The molecule has 0 bridgehead atoms. The van der Waals surface area contributed by atoms with Crippen LogP contribution in [0.4, 0.5) is 11.4 Å². The molecule has 1 rings (SSSR count). The summed E-state index contributed by atoms with van der Waals surface area (Å²) in [5.74, 6) is 0. The smallest absolute Gasteiger partial charge is 0.0853 e. The molecular weight excluding hydrogens is 172 g/mol. The number of hydrogen-bond acceptors (Lipinski definition) is 2. The van der Waals surface area contributed by atoms with Crippen LogP contribution in [0.2, 0.25) is 0 Å². The number of anilines is 1. The zero-order valence-corrected chi connectivity index (χ0v) is 9.96. The van der Waals surface area contributed by atoms with E-state index in [1.807, 2.05) is 59.0 Å². The Labute approximate surface area is 88.1 Å². The van der Waals surface area contributed by atoms with E-state index in [4.69, 9.17) is 0 Å². The van der Waals surface area contributed by atoms with E-state index < -0.39 is 0 Å². The SMILES string of the molecule is C=Nc1ccccc1NC.CC.CC. The molecule has 0 aliphatic heterocycles. The van der Waals surface area contributed by atoms with Gasteiger partial charge in [0.25, 0.3) is 0 Å². The zero-order chi connectivity index (χ0) is 11.4. The largest absolute Gasteiger partial charge is 0.386 e. The van der Waals surface area contributed by atoms with E-state index in [1.165, 1.54) is 0 Å². The van der Waals surface area contributed by atoms with Crippen LogP contribution >= 0.6 is 0 Å². The molecule has 1 N–H and O–H groups in total. The topological polar surface area (TPSA) is 24.4 Å². The summed E-state index contributed by atoms with van der Waals surface area (Å²) in [5, 5.41) is 3.01. The molecule has 1 aromatic rings. The quantitative estimate of drug-likeness (QED) is 0.704. The maximum absolute atomic E-state index is 3.83. The summed E-state index contributed by atoms with van der Waals surface area (Å²) in [5.41, 5.74) is 1.91. The maximum Gasteiger partial charge on any atom is 0.0853 e. The summed E-state index contributed by atoms with van der Waals surface area (Å²) in [6.07, 6.45) is 0. The minimum absolute atomic E-state index is 0.894. The fourth-order valence-electron chi connectivity index (χ4n) is 0.823. The maximum atomic E-state index is 3.83. The summed E-state index contributed by atoms with van der Waals surface area (Å²) in [6.45, 7) is 11.4. The molecule has 0 aliphatic carbocycles. The normalized spacial score (nSPS) is 7.21. The second-order valence-electron chi connectivity index (χ2n) is 1.93. The Hall–Kier alpha value is -1.31. The van der Waals surface area contributed by atoms with Crippen molar-refractivity contribution in [2.45, 2.75) is 27.7 Å². The van der Waals surface area contributed by atoms with E-state index in [0.29, 0.717) is 0 Å². The Morgan fingerprint density at radius 2 is 1.57 bits per heavy atom. The van der Waals surface area contributed by atoms with E-state index in [0.717, 1.165) is 11.4 Å². The molecular formula is C12H22N2. The van der Waals surface area contributed by atoms with E-state index in [1.54, 1.807) is 0 Å². The Balaban J connectivity index is 0. The molecule has 0 spiro atoms. The van der Waals surface area contributed by atoms with Gasteiger partial charge in [0.15, 0.2) is 0 Å². The fourth-order valence-corrected chi connectivity index (χ4v) is 0.823. The van der Waals surface area contributed by atoms with Gasteiger partial charge in [-0.3, -0.25) is 4.99 Å². The Morgan fingerprint density at radius 3 is 1.93 bits per heavy atom. The highest BCUT2D eigenvalue weighted by Crippen LogP contribution is 2.22. The van der Waals surface area contributed by atoms with Gasteiger partial charge in [-0.1, -0.05) is 39.8 Å². The molecule has 0 aromatic heterocycles. The third kappa shape index (κ3) is 5.36. The monoisotopic (exact) mass is 194 g/mol. The predicted molar refractivity (Wildman–Crippen MR) is 67.9 cm³/mol. The number of rotatable bonds is 2. The van der Waals surface area contributed by atoms with Gasteiger partial charge < -0.3 is 5.32 Å². The highest BCUT2D eigenvalue weighted by molar-refractivity contribution is 5.66. The lowest BCUT2D eigenvalue weighted by Crippen LogP contribution is -1.86. The Morgan fingerprint density at radius 1 is 1.07 bits per heavy atom.